The Hall–Kier alpha value is -3.54. The molecule has 1 fully saturated rings. The summed E-state index contributed by atoms with van der Waals surface area (Å²) in [7, 11) is -2.67. The van der Waals surface area contributed by atoms with Crippen LogP contribution in [0.3, 0.4) is 0 Å². The molecule has 1 amide bonds. The fourth-order valence-electron chi connectivity index (χ4n) is 4.57. The fraction of sp³-hybridized carbons (Fsp3) is 0.407. The predicted octanol–water partition coefficient (Wildman–Crippen LogP) is 5.30. The number of nitrogens with zero attached hydrogens (tertiary/aromatic N) is 1. The minimum absolute atomic E-state index is 0.115. The van der Waals surface area contributed by atoms with Gasteiger partial charge < -0.3 is 14.2 Å². The van der Waals surface area contributed by atoms with Crippen LogP contribution in [0.5, 0.6) is 5.75 Å². The number of halogens is 3. The van der Waals surface area contributed by atoms with Crippen molar-refractivity contribution in [3.8, 4) is 5.75 Å². The third kappa shape index (κ3) is 6.05. The number of rotatable bonds is 4. The van der Waals surface area contributed by atoms with Crippen LogP contribution in [0.2, 0.25) is 0 Å². The van der Waals surface area contributed by atoms with Gasteiger partial charge in [0.25, 0.3) is 0 Å². The highest BCUT2D eigenvalue weighted by Crippen LogP contribution is 2.42. The van der Waals surface area contributed by atoms with E-state index in [0.717, 1.165) is 24.3 Å². The SMILES string of the molecule is COc1ccc([C@@H]2C=C3CN(C(=O)OC(C)(C)C)S(=O)(=O)[C@H]3C[C@H]2OC(=O)c2ccc(C(F)(F)F)cc2)cc1. The highest BCUT2D eigenvalue weighted by atomic mass is 32.2. The Morgan fingerprint density at radius 1 is 0.974 bits per heavy atom. The first-order chi connectivity index (χ1) is 18.1. The van der Waals surface area contributed by atoms with E-state index in [1.807, 2.05) is 0 Å². The quantitative estimate of drug-likeness (QED) is 0.365. The van der Waals surface area contributed by atoms with E-state index in [2.05, 4.69) is 0 Å². The lowest BCUT2D eigenvalue weighted by atomic mass is 9.82. The summed E-state index contributed by atoms with van der Waals surface area (Å²) >= 11 is 0. The first-order valence-electron chi connectivity index (χ1n) is 12.1. The molecule has 210 valence electrons. The number of benzene rings is 2. The molecule has 1 saturated heterocycles. The number of carbonyl (C=O) groups is 2. The van der Waals surface area contributed by atoms with Gasteiger partial charge in [0.1, 0.15) is 22.7 Å². The van der Waals surface area contributed by atoms with E-state index in [1.165, 1.54) is 7.11 Å². The molecule has 2 aliphatic rings. The average Bonchev–Trinajstić information content (AvgIpc) is 3.12. The number of amides is 1. The topological polar surface area (TPSA) is 99.2 Å². The van der Waals surface area contributed by atoms with Crippen LogP contribution < -0.4 is 4.74 Å². The number of carbonyl (C=O) groups excluding carboxylic acids is 2. The summed E-state index contributed by atoms with van der Waals surface area (Å²) in [6, 6.07) is 10.5. The molecule has 0 spiro atoms. The maximum absolute atomic E-state index is 13.3. The minimum Gasteiger partial charge on any atom is -0.497 e. The zero-order chi connectivity index (χ0) is 28.8. The van der Waals surface area contributed by atoms with E-state index in [-0.39, 0.29) is 18.5 Å². The van der Waals surface area contributed by atoms with Gasteiger partial charge in [-0.2, -0.15) is 17.5 Å². The van der Waals surface area contributed by atoms with Crippen molar-refractivity contribution in [3.63, 3.8) is 0 Å². The van der Waals surface area contributed by atoms with Gasteiger partial charge in [0, 0.05) is 12.3 Å². The molecule has 0 bridgehead atoms. The highest BCUT2D eigenvalue weighted by molar-refractivity contribution is 7.90. The third-order valence-corrected chi connectivity index (χ3v) is 8.56. The number of alkyl halides is 3. The summed E-state index contributed by atoms with van der Waals surface area (Å²) in [5, 5.41) is -1.13. The van der Waals surface area contributed by atoms with Crippen LogP contribution in [-0.4, -0.2) is 55.4 Å². The zero-order valence-electron chi connectivity index (χ0n) is 21.7. The van der Waals surface area contributed by atoms with E-state index in [9.17, 15) is 31.2 Å². The molecule has 0 radical (unpaired) electrons. The number of hydrogen-bond donors (Lipinski definition) is 0. The van der Waals surface area contributed by atoms with Crippen molar-refractivity contribution in [2.45, 2.75) is 56.2 Å². The maximum Gasteiger partial charge on any atom is 0.424 e. The number of ether oxygens (including phenoxy) is 3. The number of methoxy groups -OCH3 is 1. The molecule has 0 N–H and O–H groups in total. The van der Waals surface area contributed by atoms with E-state index >= 15 is 0 Å². The number of sulfonamides is 1. The van der Waals surface area contributed by atoms with Crippen LogP contribution in [-0.2, 0) is 25.7 Å². The van der Waals surface area contributed by atoms with Gasteiger partial charge in [-0.05, 0) is 68.3 Å². The highest BCUT2D eigenvalue weighted by Gasteiger charge is 2.51. The molecule has 1 aliphatic carbocycles. The van der Waals surface area contributed by atoms with Gasteiger partial charge in [0.2, 0.25) is 10.0 Å². The summed E-state index contributed by atoms with van der Waals surface area (Å²) in [5.74, 6) is -0.907. The second-order valence-electron chi connectivity index (χ2n) is 10.3. The molecule has 2 aromatic rings. The van der Waals surface area contributed by atoms with Crippen LogP contribution in [0.15, 0.2) is 60.2 Å². The average molecular weight is 568 g/mol. The Balaban J connectivity index is 1.66. The van der Waals surface area contributed by atoms with Crippen molar-refractivity contribution < 1.29 is 45.4 Å². The van der Waals surface area contributed by atoms with E-state index in [1.54, 1.807) is 51.1 Å². The van der Waals surface area contributed by atoms with Crippen LogP contribution in [0.25, 0.3) is 0 Å². The fourth-order valence-corrected chi connectivity index (χ4v) is 6.42. The van der Waals surface area contributed by atoms with Crippen LogP contribution in [0.4, 0.5) is 18.0 Å². The minimum atomic E-state index is -4.57. The van der Waals surface area contributed by atoms with Crippen molar-refractivity contribution in [2.75, 3.05) is 13.7 Å². The molecule has 12 heteroatoms. The van der Waals surface area contributed by atoms with Gasteiger partial charge in [-0.15, -0.1) is 0 Å². The Kier molecular flexibility index (Phi) is 7.46. The van der Waals surface area contributed by atoms with E-state index in [4.69, 9.17) is 14.2 Å². The van der Waals surface area contributed by atoms with Gasteiger partial charge in [-0.25, -0.2) is 18.0 Å². The zero-order valence-corrected chi connectivity index (χ0v) is 22.5. The Morgan fingerprint density at radius 3 is 2.13 bits per heavy atom. The van der Waals surface area contributed by atoms with Crippen molar-refractivity contribution >= 4 is 22.1 Å². The Morgan fingerprint density at radius 2 is 1.59 bits per heavy atom. The van der Waals surface area contributed by atoms with Gasteiger partial charge >= 0.3 is 18.2 Å². The molecule has 1 heterocycles. The first-order valence-corrected chi connectivity index (χ1v) is 13.6. The molecule has 8 nitrogen and oxygen atoms in total. The summed E-state index contributed by atoms with van der Waals surface area (Å²) in [4.78, 5) is 25.7. The van der Waals surface area contributed by atoms with Gasteiger partial charge in [-0.3, -0.25) is 0 Å². The largest absolute Gasteiger partial charge is 0.497 e. The molecule has 0 unspecified atom stereocenters. The normalized spacial score (nSPS) is 22.5. The molecule has 1 aliphatic heterocycles. The van der Waals surface area contributed by atoms with Crippen LogP contribution in [0, 0.1) is 0 Å². The van der Waals surface area contributed by atoms with Crippen LogP contribution >= 0.6 is 0 Å². The number of fused-ring (bicyclic) bond motifs is 1. The summed E-state index contributed by atoms with van der Waals surface area (Å²) in [6.45, 7) is 4.66. The monoisotopic (exact) mass is 567 g/mol. The van der Waals surface area contributed by atoms with E-state index in [0.29, 0.717) is 21.2 Å². The number of esters is 1. The molecule has 3 atom stereocenters. The standard InChI is InChI=1S/C27H28F3NO7S/c1-26(2,3)38-25(33)31-15-18-13-21(16-7-11-20(36-4)12-8-16)22(14-23(18)39(31,34)35)37-24(32)17-5-9-19(10-6-17)27(28,29)30/h5-13,21-23H,14-15H2,1-4H3/t21-,22+,23-/m0/s1. The molecule has 2 aromatic carbocycles. The smallest absolute Gasteiger partial charge is 0.424 e. The summed E-state index contributed by atoms with van der Waals surface area (Å²) in [5.41, 5.74) is -0.792. The van der Waals surface area contributed by atoms with Crippen molar-refractivity contribution in [1.29, 1.82) is 0 Å². The lowest BCUT2D eigenvalue weighted by molar-refractivity contribution is -0.137. The number of hydrogen-bond acceptors (Lipinski definition) is 7. The Labute approximate surface area is 224 Å². The van der Waals surface area contributed by atoms with Gasteiger partial charge in [-0.1, -0.05) is 18.2 Å². The van der Waals surface area contributed by atoms with Crippen molar-refractivity contribution in [3.05, 3.63) is 76.9 Å². The van der Waals surface area contributed by atoms with Gasteiger partial charge in [0.05, 0.1) is 24.8 Å². The van der Waals surface area contributed by atoms with Crippen molar-refractivity contribution in [1.82, 2.24) is 4.31 Å². The molecule has 0 aromatic heterocycles. The summed E-state index contributed by atoms with van der Waals surface area (Å²) < 4.78 is 82.4. The molecule has 4 rings (SSSR count). The lowest BCUT2D eigenvalue weighted by Gasteiger charge is -2.32. The van der Waals surface area contributed by atoms with Gasteiger partial charge in [0.15, 0.2) is 0 Å². The maximum atomic E-state index is 13.3. The predicted molar refractivity (Wildman–Crippen MR) is 135 cm³/mol. The lowest BCUT2D eigenvalue weighted by Crippen LogP contribution is -2.40. The Bertz CT molecular complexity index is 1380. The first kappa shape index (κ1) is 28.5. The second kappa shape index (κ2) is 10.2. The molecule has 0 saturated carbocycles. The third-order valence-electron chi connectivity index (χ3n) is 6.45. The molecule has 39 heavy (non-hydrogen) atoms. The second-order valence-corrected chi connectivity index (χ2v) is 12.4. The summed E-state index contributed by atoms with van der Waals surface area (Å²) in [6.07, 6.45) is -5.05. The van der Waals surface area contributed by atoms with Crippen molar-refractivity contribution in [2.24, 2.45) is 0 Å². The van der Waals surface area contributed by atoms with E-state index < -0.39 is 56.7 Å². The molecular weight excluding hydrogens is 539 g/mol. The molecular formula is C27H28F3NO7S. The van der Waals surface area contributed by atoms with Crippen LogP contribution in [0.1, 0.15) is 54.6 Å².